The Hall–Kier alpha value is -2.69. The van der Waals surface area contributed by atoms with E-state index >= 15 is 0 Å². The van der Waals surface area contributed by atoms with Crippen LogP contribution in [0.2, 0.25) is 0 Å². The number of nitrogens with one attached hydrogen (secondary N) is 1. The summed E-state index contributed by atoms with van der Waals surface area (Å²) in [6.07, 6.45) is 8.03. The molecule has 3 rings (SSSR count). The molecule has 0 spiro atoms. The third-order valence-corrected chi connectivity index (χ3v) is 5.39. The third kappa shape index (κ3) is 5.43. The Bertz CT molecular complexity index is 847. The highest BCUT2D eigenvalue weighted by atomic mass is 16.5. The zero-order valence-corrected chi connectivity index (χ0v) is 17.7. The number of aliphatic imine (C=N–C) groups is 2. The summed E-state index contributed by atoms with van der Waals surface area (Å²) < 4.78 is 5.88. The lowest BCUT2D eigenvalue weighted by molar-refractivity contribution is 0.294. The standard InChI is InChI=1S/C24H32N4O/c1-4-5-6-9-17-29-22-16-15-21(25-2)23(28-22)24(26-3)27-20-14-10-12-18-11-7-8-13-19(18)20/h7-8,11,13,15-16,20H,2,4-6,9-10,12,14,17H2,1,3H3,(H,26,27)/t20-/m0/s1. The molecule has 1 aromatic carbocycles. The highest BCUT2D eigenvalue weighted by molar-refractivity contribution is 6.01. The van der Waals surface area contributed by atoms with E-state index in [2.05, 4.69) is 53.2 Å². The molecule has 5 nitrogen and oxygen atoms in total. The van der Waals surface area contributed by atoms with Gasteiger partial charge in [-0.2, -0.15) is 0 Å². The van der Waals surface area contributed by atoms with Crippen LogP contribution in [0.15, 0.2) is 46.4 Å². The first kappa shape index (κ1) is 21.0. The largest absolute Gasteiger partial charge is 0.478 e. The molecule has 29 heavy (non-hydrogen) atoms. The van der Waals surface area contributed by atoms with E-state index in [0.29, 0.717) is 23.9 Å². The van der Waals surface area contributed by atoms with Crippen molar-refractivity contribution >= 4 is 18.2 Å². The first-order chi connectivity index (χ1) is 14.3. The van der Waals surface area contributed by atoms with Crippen LogP contribution in [-0.4, -0.2) is 31.2 Å². The van der Waals surface area contributed by atoms with Gasteiger partial charge in [-0.05, 0) is 49.6 Å². The molecule has 0 saturated carbocycles. The quantitative estimate of drug-likeness (QED) is 0.352. The molecule has 1 atom stereocenters. The molecule has 0 amide bonds. The van der Waals surface area contributed by atoms with Crippen molar-refractivity contribution in [2.24, 2.45) is 9.98 Å². The van der Waals surface area contributed by atoms with E-state index in [0.717, 1.165) is 31.5 Å². The SMILES string of the molecule is C=Nc1ccc(OCCCCCC)nc1C(=NC)N[C@H]1CCCc2ccccc21. The lowest BCUT2D eigenvalue weighted by Gasteiger charge is -2.27. The van der Waals surface area contributed by atoms with Crippen LogP contribution in [0, 0.1) is 0 Å². The minimum atomic E-state index is 0.219. The minimum Gasteiger partial charge on any atom is -0.478 e. The molecule has 5 heteroatoms. The molecule has 0 radical (unpaired) electrons. The van der Waals surface area contributed by atoms with E-state index in [1.54, 1.807) is 7.05 Å². The second-order valence-electron chi connectivity index (χ2n) is 7.44. The van der Waals surface area contributed by atoms with Gasteiger partial charge in [0.15, 0.2) is 0 Å². The number of rotatable bonds is 9. The molecule has 0 bridgehead atoms. The average molecular weight is 393 g/mol. The predicted molar refractivity (Wildman–Crippen MR) is 121 cm³/mol. The average Bonchev–Trinajstić information content (AvgIpc) is 2.77. The van der Waals surface area contributed by atoms with Gasteiger partial charge < -0.3 is 10.1 Å². The summed E-state index contributed by atoms with van der Waals surface area (Å²) in [5.41, 5.74) is 4.15. The summed E-state index contributed by atoms with van der Waals surface area (Å²) in [7, 11) is 1.78. The summed E-state index contributed by atoms with van der Waals surface area (Å²) in [5.74, 6) is 1.33. The molecule has 1 aliphatic rings. The summed E-state index contributed by atoms with van der Waals surface area (Å²) >= 11 is 0. The Morgan fingerprint density at radius 1 is 1.21 bits per heavy atom. The van der Waals surface area contributed by atoms with Crippen molar-refractivity contribution in [2.45, 2.75) is 57.9 Å². The summed E-state index contributed by atoms with van der Waals surface area (Å²) in [6, 6.07) is 12.6. The van der Waals surface area contributed by atoms with E-state index in [4.69, 9.17) is 9.72 Å². The fraction of sp³-hybridized carbons (Fsp3) is 0.458. The molecule has 1 aliphatic carbocycles. The van der Waals surface area contributed by atoms with Crippen LogP contribution in [0.25, 0.3) is 0 Å². The first-order valence-corrected chi connectivity index (χ1v) is 10.7. The monoisotopic (exact) mass is 392 g/mol. The molecule has 1 aromatic heterocycles. The molecule has 154 valence electrons. The second kappa shape index (κ2) is 10.7. The highest BCUT2D eigenvalue weighted by Crippen LogP contribution is 2.30. The molecule has 1 heterocycles. The van der Waals surface area contributed by atoms with E-state index in [1.165, 1.54) is 30.4 Å². The lowest BCUT2D eigenvalue weighted by Crippen LogP contribution is -2.32. The van der Waals surface area contributed by atoms with Crippen LogP contribution in [0.5, 0.6) is 5.88 Å². The highest BCUT2D eigenvalue weighted by Gasteiger charge is 2.22. The molecule has 1 N–H and O–H groups in total. The van der Waals surface area contributed by atoms with Gasteiger partial charge in [0.2, 0.25) is 5.88 Å². The molecule has 0 fully saturated rings. The van der Waals surface area contributed by atoms with Crippen molar-refractivity contribution in [3.63, 3.8) is 0 Å². The van der Waals surface area contributed by atoms with E-state index in [9.17, 15) is 0 Å². The molecule has 0 unspecified atom stereocenters. The topological polar surface area (TPSA) is 58.9 Å². The maximum Gasteiger partial charge on any atom is 0.214 e. The zero-order valence-electron chi connectivity index (χ0n) is 17.7. The van der Waals surface area contributed by atoms with Gasteiger partial charge in [0, 0.05) is 13.1 Å². The van der Waals surface area contributed by atoms with Gasteiger partial charge in [-0.1, -0.05) is 50.5 Å². The van der Waals surface area contributed by atoms with Gasteiger partial charge in [0.25, 0.3) is 0 Å². The minimum absolute atomic E-state index is 0.219. The number of fused-ring (bicyclic) bond motifs is 1. The van der Waals surface area contributed by atoms with Crippen LogP contribution >= 0.6 is 0 Å². The Morgan fingerprint density at radius 2 is 2.07 bits per heavy atom. The predicted octanol–water partition coefficient (Wildman–Crippen LogP) is 5.42. The van der Waals surface area contributed by atoms with E-state index < -0.39 is 0 Å². The van der Waals surface area contributed by atoms with Crippen LogP contribution < -0.4 is 10.1 Å². The van der Waals surface area contributed by atoms with Crippen LogP contribution in [-0.2, 0) is 6.42 Å². The van der Waals surface area contributed by atoms with Gasteiger partial charge in [0.05, 0.1) is 18.3 Å². The fourth-order valence-corrected chi connectivity index (χ4v) is 3.83. The molecular formula is C24H32N4O. The van der Waals surface area contributed by atoms with Crippen LogP contribution in [0.1, 0.15) is 68.3 Å². The van der Waals surface area contributed by atoms with E-state index in [-0.39, 0.29) is 6.04 Å². The van der Waals surface area contributed by atoms with Gasteiger partial charge in [0.1, 0.15) is 11.5 Å². The number of hydrogen-bond donors (Lipinski definition) is 1. The first-order valence-electron chi connectivity index (χ1n) is 10.7. The summed E-state index contributed by atoms with van der Waals surface area (Å²) in [5, 5.41) is 3.61. The van der Waals surface area contributed by atoms with Crippen molar-refractivity contribution in [1.29, 1.82) is 0 Å². The Balaban J connectivity index is 1.76. The van der Waals surface area contributed by atoms with Crippen LogP contribution in [0.3, 0.4) is 0 Å². The maximum atomic E-state index is 5.88. The Morgan fingerprint density at radius 3 is 2.86 bits per heavy atom. The molecule has 2 aromatic rings. The van der Waals surface area contributed by atoms with Crippen molar-refractivity contribution in [2.75, 3.05) is 13.7 Å². The van der Waals surface area contributed by atoms with Gasteiger partial charge in [-0.3, -0.25) is 9.98 Å². The van der Waals surface area contributed by atoms with Crippen molar-refractivity contribution < 1.29 is 4.74 Å². The van der Waals surface area contributed by atoms with Crippen LogP contribution in [0.4, 0.5) is 5.69 Å². The normalized spacial score (nSPS) is 16.2. The van der Waals surface area contributed by atoms with Gasteiger partial charge >= 0.3 is 0 Å². The number of amidine groups is 1. The lowest BCUT2D eigenvalue weighted by atomic mass is 9.87. The molecule has 0 aliphatic heterocycles. The van der Waals surface area contributed by atoms with Crippen molar-refractivity contribution in [3.05, 3.63) is 53.2 Å². The number of hydrogen-bond acceptors (Lipinski definition) is 4. The second-order valence-corrected chi connectivity index (χ2v) is 7.44. The number of ether oxygens (including phenoxy) is 1. The number of aromatic nitrogens is 1. The number of pyridine rings is 1. The number of benzene rings is 1. The molecular weight excluding hydrogens is 360 g/mol. The van der Waals surface area contributed by atoms with Crippen molar-refractivity contribution in [3.8, 4) is 5.88 Å². The van der Waals surface area contributed by atoms with Gasteiger partial charge in [-0.15, -0.1) is 0 Å². The third-order valence-electron chi connectivity index (χ3n) is 5.39. The number of aryl methyl sites for hydroxylation is 1. The zero-order chi connectivity index (χ0) is 20.5. The Labute approximate surface area is 174 Å². The smallest absolute Gasteiger partial charge is 0.214 e. The van der Waals surface area contributed by atoms with Gasteiger partial charge in [-0.25, -0.2) is 4.98 Å². The Kier molecular flexibility index (Phi) is 7.79. The summed E-state index contributed by atoms with van der Waals surface area (Å²) in [6.45, 7) is 6.59. The number of nitrogens with zero attached hydrogens (tertiary/aromatic N) is 3. The summed E-state index contributed by atoms with van der Waals surface area (Å²) in [4.78, 5) is 13.4. The number of unbranched alkanes of at least 4 members (excludes halogenated alkanes) is 3. The fourth-order valence-electron chi connectivity index (χ4n) is 3.83. The maximum absolute atomic E-state index is 5.88. The molecule has 0 saturated heterocycles. The van der Waals surface area contributed by atoms with Crippen molar-refractivity contribution in [1.82, 2.24) is 10.3 Å². The van der Waals surface area contributed by atoms with E-state index in [1.807, 2.05) is 12.1 Å².